The Morgan fingerprint density at radius 3 is 1.78 bits per heavy atom. The number of fused-ring (bicyclic) bond motifs is 1. The molecule has 0 radical (unpaired) electrons. The van der Waals surface area contributed by atoms with Gasteiger partial charge in [-0.25, -0.2) is 19.3 Å². The van der Waals surface area contributed by atoms with Crippen molar-refractivity contribution < 1.29 is 33.3 Å². The molecule has 2 aliphatic rings. The quantitative estimate of drug-likeness (QED) is 0.0189. The Morgan fingerprint density at radius 1 is 0.699 bits per heavy atom. The molecule has 2 N–H and O–H groups in total. The SMILES string of the molecule is COc1ccc(COC(=O)C2=C(C[n+]3cccc(-c4cscn4)c3)CS[C@H]3[C@H](NC(=O)C(=NOC(c4ccccc4)(c4ccccc4)c4ccccc4)c4csc(NC(c5ccccc5)(c5ccccc5)c5ccccc5)n4)C(=O)N23)cc1. The minimum Gasteiger partial charge on any atom is -0.497 e. The van der Waals surface area contributed by atoms with Crippen LogP contribution in [-0.4, -0.2) is 62.6 Å². The summed E-state index contributed by atoms with van der Waals surface area (Å²) in [5.41, 5.74) is 7.92. The van der Waals surface area contributed by atoms with Gasteiger partial charge < -0.3 is 24.9 Å². The van der Waals surface area contributed by atoms with Crippen LogP contribution in [0.3, 0.4) is 0 Å². The van der Waals surface area contributed by atoms with Crippen LogP contribution in [0.15, 0.2) is 263 Å². The van der Waals surface area contributed by atoms with Crippen LogP contribution in [0.4, 0.5) is 5.13 Å². The first kappa shape index (κ1) is 54.1. The maximum absolute atomic E-state index is 15.5. The summed E-state index contributed by atoms with van der Waals surface area (Å²) in [6, 6.07) is 69.8. The molecule has 0 bridgehead atoms. The molecule has 83 heavy (non-hydrogen) atoms. The van der Waals surface area contributed by atoms with Gasteiger partial charge in [0.2, 0.25) is 5.60 Å². The second-order valence-corrected chi connectivity index (χ2v) is 22.4. The fourth-order valence-electron chi connectivity index (χ4n) is 10.7. The summed E-state index contributed by atoms with van der Waals surface area (Å²) < 4.78 is 13.3. The van der Waals surface area contributed by atoms with Crippen LogP contribution in [0, 0.1) is 0 Å². The Balaban J connectivity index is 0.924. The molecule has 10 aromatic rings. The van der Waals surface area contributed by atoms with Crippen LogP contribution in [0.25, 0.3) is 11.3 Å². The number of amides is 2. The summed E-state index contributed by atoms with van der Waals surface area (Å²) in [7, 11) is 1.59. The number of methoxy groups -OCH3 is 1. The van der Waals surface area contributed by atoms with E-state index in [1.54, 1.807) is 30.1 Å². The number of benzene rings is 7. The van der Waals surface area contributed by atoms with Gasteiger partial charge in [0.25, 0.3) is 11.8 Å². The smallest absolute Gasteiger partial charge is 0.355 e. The molecule has 2 atom stereocenters. The monoisotopic (exact) mass is 1150 g/mol. The van der Waals surface area contributed by atoms with Crippen LogP contribution in [-0.2, 0) is 48.2 Å². The third kappa shape index (κ3) is 10.9. The Hall–Kier alpha value is -9.48. The zero-order chi connectivity index (χ0) is 56.6. The number of hydrogen-bond donors (Lipinski definition) is 2. The summed E-state index contributed by atoms with van der Waals surface area (Å²) in [6.45, 7) is 0.238. The van der Waals surface area contributed by atoms with Crippen molar-refractivity contribution in [3.05, 3.63) is 303 Å². The summed E-state index contributed by atoms with van der Waals surface area (Å²) in [5.74, 6) is -0.842. The lowest BCUT2D eigenvalue weighted by Crippen LogP contribution is -2.71. The zero-order valence-corrected chi connectivity index (χ0v) is 47.3. The number of thioether (sulfide) groups is 1. The molecule has 2 amide bonds. The molecule has 7 aromatic carbocycles. The molecule has 0 spiro atoms. The Morgan fingerprint density at radius 2 is 1.25 bits per heavy atom. The first-order valence-corrected chi connectivity index (χ1v) is 29.7. The minimum absolute atomic E-state index is 0.0457. The number of carbonyl (C=O) groups excluding carboxylic acids is 3. The molecule has 0 aliphatic carbocycles. The van der Waals surface area contributed by atoms with Crippen LogP contribution in [0.5, 0.6) is 5.75 Å². The summed E-state index contributed by atoms with van der Waals surface area (Å²) in [5, 5.41) is 15.3. The van der Waals surface area contributed by atoms with Gasteiger partial charge in [0.1, 0.15) is 40.7 Å². The molecule has 5 heterocycles. The van der Waals surface area contributed by atoms with Crippen LogP contribution < -0.4 is 19.9 Å². The van der Waals surface area contributed by atoms with Crippen LogP contribution >= 0.6 is 34.4 Å². The van der Waals surface area contributed by atoms with Gasteiger partial charge in [-0.3, -0.25) is 14.5 Å². The molecule has 1 fully saturated rings. The average molecular weight is 1150 g/mol. The van der Waals surface area contributed by atoms with Crippen molar-refractivity contribution in [2.75, 3.05) is 18.2 Å². The number of thiazole rings is 2. The Kier molecular flexibility index (Phi) is 15.9. The third-order valence-electron chi connectivity index (χ3n) is 14.7. The van der Waals surface area contributed by atoms with Crippen molar-refractivity contribution in [3.8, 4) is 17.0 Å². The normalized spacial score (nSPS) is 15.2. The van der Waals surface area contributed by atoms with Crippen molar-refractivity contribution in [2.24, 2.45) is 5.16 Å². The molecule has 410 valence electrons. The fourth-order valence-corrected chi connectivity index (χ4v) is 13.3. The second-order valence-electron chi connectivity index (χ2n) is 19.7. The van der Waals surface area contributed by atoms with Crippen molar-refractivity contribution in [1.29, 1.82) is 0 Å². The highest BCUT2D eigenvalue weighted by molar-refractivity contribution is 8.00. The highest BCUT2D eigenvalue weighted by Crippen LogP contribution is 2.44. The van der Waals surface area contributed by atoms with Gasteiger partial charge in [0.15, 0.2) is 29.8 Å². The van der Waals surface area contributed by atoms with E-state index in [-0.39, 0.29) is 30.3 Å². The standard InChI is InChI=1S/C67H53N7O6S3/c1-78-55-36-34-46(35-37-55)41-79-64(77)60-48(40-73-38-20-21-47(39-73)56-43-81-45-68-56)42-82-63-59(62(76)74(60)63)70-61(75)58(72-80-67(52-28-14-5-15-29-52,53-30-16-6-17-31-53)54-32-18-7-19-33-54)57-44-83-65(69-57)71-66(49-22-8-2-9-23-49,50-24-10-3-11-25-50)51-26-12-4-13-27-51/h2-39,43-45,59,63H,40-42H2,1H3,(H-,69,70,71,75)/p+1/t59-,63+/m1/s1. The number of nitrogens with one attached hydrogen (secondary N) is 2. The molecule has 16 heteroatoms. The molecular formula is C67H54N7O6S3+. The summed E-state index contributed by atoms with van der Waals surface area (Å²) >= 11 is 4.26. The third-order valence-corrected chi connectivity index (χ3v) is 17.4. The number of aromatic nitrogens is 3. The highest BCUT2D eigenvalue weighted by atomic mass is 32.2. The van der Waals surface area contributed by atoms with E-state index in [0.717, 1.165) is 50.2 Å². The predicted octanol–water partition coefficient (Wildman–Crippen LogP) is 11.8. The number of oxime groups is 1. The second kappa shape index (κ2) is 24.3. The number of nitrogens with zero attached hydrogens (tertiary/aromatic N) is 5. The first-order chi connectivity index (χ1) is 40.8. The predicted molar refractivity (Wildman–Crippen MR) is 324 cm³/mol. The highest BCUT2D eigenvalue weighted by Gasteiger charge is 2.55. The van der Waals surface area contributed by atoms with Crippen molar-refractivity contribution in [2.45, 2.75) is 35.7 Å². The minimum atomic E-state index is -1.38. The number of ether oxygens (including phenoxy) is 2. The van der Waals surface area contributed by atoms with Gasteiger partial charge in [0.05, 0.1) is 23.9 Å². The van der Waals surface area contributed by atoms with Gasteiger partial charge in [-0.1, -0.05) is 199 Å². The molecular weight excluding hydrogens is 1090 g/mol. The van der Waals surface area contributed by atoms with Crippen molar-refractivity contribution in [1.82, 2.24) is 20.2 Å². The lowest BCUT2D eigenvalue weighted by molar-refractivity contribution is -0.688. The van der Waals surface area contributed by atoms with E-state index >= 15 is 4.79 Å². The van der Waals surface area contributed by atoms with Gasteiger partial charge in [-0.2, -0.15) is 0 Å². The molecule has 3 aromatic heterocycles. The largest absolute Gasteiger partial charge is 0.497 e. The Labute approximate surface area is 492 Å². The van der Waals surface area contributed by atoms with Crippen LogP contribution in [0.1, 0.15) is 44.6 Å². The first-order valence-electron chi connectivity index (χ1n) is 26.8. The molecule has 0 unspecified atom stereocenters. The van der Waals surface area contributed by atoms with Crippen LogP contribution in [0.2, 0.25) is 0 Å². The van der Waals surface area contributed by atoms with E-state index in [1.165, 1.54) is 39.3 Å². The van der Waals surface area contributed by atoms with Gasteiger partial charge in [-0.05, 0) is 40.5 Å². The molecule has 13 nitrogen and oxygen atoms in total. The number of anilines is 1. The summed E-state index contributed by atoms with van der Waals surface area (Å²) in [4.78, 5) is 63.2. The lowest BCUT2D eigenvalue weighted by atomic mass is 9.77. The molecule has 12 rings (SSSR count). The van der Waals surface area contributed by atoms with E-state index < -0.39 is 40.3 Å². The topological polar surface area (TPSA) is 148 Å². The maximum Gasteiger partial charge on any atom is 0.355 e. The maximum atomic E-state index is 15.5. The lowest BCUT2D eigenvalue weighted by Gasteiger charge is -2.49. The van der Waals surface area contributed by atoms with E-state index in [4.69, 9.17) is 24.5 Å². The van der Waals surface area contributed by atoms with E-state index in [2.05, 4.69) is 52.0 Å². The molecule has 0 saturated carbocycles. The number of hydrogen-bond acceptors (Lipinski definition) is 13. The zero-order valence-electron chi connectivity index (χ0n) is 44.9. The van der Waals surface area contributed by atoms with E-state index in [0.29, 0.717) is 22.2 Å². The number of β-lactam (4-membered cyclic amide) rings is 1. The Bertz CT molecular complexity index is 3740. The fraction of sp³-hybridized carbons (Fsp3) is 0.119. The van der Waals surface area contributed by atoms with Crippen molar-refractivity contribution in [3.63, 3.8) is 0 Å². The molecule has 2 aliphatic heterocycles. The van der Waals surface area contributed by atoms with Crippen molar-refractivity contribution >= 4 is 63.1 Å². The number of esters is 1. The molecule has 1 saturated heterocycles. The number of rotatable bonds is 20. The number of carbonyl (C=O) groups is 3. The van der Waals surface area contributed by atoms with E-state index in [1.807, 2.05) is 192 Å². The number of pyridine rings is 1. The van der Waals surface area contributed by atoms with E-state index in [9.17, 15) is 9.59 Å². The van der Waals surface area contributed by atoms with Gasteiger partial charge in [0, 0.05) is 44.8 Å². The van der Waals surface area contributed by atoms with Gasteiger partial charge >= 0.3 is 5.97 Å². The average Bonchev–Trinajstić information content (AvgIpc) is 4.42. The summed E-state index contributed by atoms with van der Waals surface area (Å²) in [6.07, 6.45) is 3.88. The van der Waals surface area contributed by atoms with Gasteiger partial charge in [-0.15, -0.1) is 34.4 Å².